The predicted molar refractivity (Wildman–Crippen MR) is 173 cm³/mol. The third-order valence-corrected chi connectivity index (χ3v) is 5.55. The van der Waals surface area contributed by atoms with Gasteiger partial charge in [0.15, 0.2) is 22.9 Å². The zero-order valence-electron chi connectivity index (χ0n) is 25.1. The van der Waals surface area contributed by atoms with Gasteiger partial charge >= 0.3 is 0 Å². The third-order valence-electron chi connectivity index (χ3n) is 5.31. The maximum Gasteiger partial charge on any atom is 0.211 e. The van der Waals surface area contributed by atoms with Gasteiger partial charge in [0.1, 0.15) is 12.1 Å². The van der Waals surface area contributed by atoms with Crippen molar-refractivity contribution in [3.05, 3.63) is 87.3 Å². The molecular weight excluding hydrogens is 637 g/mol. The summed E-state index contributed by atoms with van der Waals surface area (Å²) in [6, 6.07) is 11.7. The standard InChI is InChI=1S/C9H10ClN3.C9H11N3O.C7H11N3.C2H6O.Cl2OS/c1-6-3-7(2)13-9(4-6)11-8(5-10)12-13;1-6-3-7(2)12-9(4-6)10-8(5-13)11-12;1-5-3-6(2)10(9)7(8)4-5;1-2-3;1-4(2)3/h3-4H,5H2,1-2H3;3-4,13H,5H2,1-2H3;3-4,8H,9H2,1-2H3;3H,2H2,1H3;. The molecule has 12 nitrogen and oxygen atoms in total. The molecule has 0 saturated heterocycles. The molecule has 0 atom stereocenters. The molecule has 0 bridgehead atoms. The van der Waals surface area contributed by atoms with Crippen LogP contribution in [0.5, 0.6) is 0 Å². The van der Waals surface area contributed by atoms with E-state index < -0.39 is 9.23 Å². The molecule has 5 aromatic heterocycles. The highest BCUT2D eigenvalue weighted by molar-refractivity contribution is 8.26. The quantitative estimate of drug-likeness (QED) is 0.122. The molecule has 5 heterocycles. The van der Waals surface area contributed by atoms with Crippen LogP contribution in [-0.4, -0.2) is 54.9 Å². The third kappa shape index (κ3) is 12.6. The van der Waals surface area contributed by atoms with Gasteiger partial charge in [-0.25, -0.2) is 27.9 Å². The van der Waals surface area contributed by atoms with Crippen molar-refractivity contribution < 1.29 is 14.4 Å². The van der Waals surface area contributed by atoms with Gasteiger partial charge in [0.2, 0.25) is 9.23 Å². The fourth-order valence-electron chi connectivity index (χ4n) is 3.75. The van der Waals surface area contributed by atoms with Crippen molar-refractivity contribution in [1.82, 2.24) is 33.9 Å². The lowest BCUT2D eigenvalue weighted by atomic mass is 10.2. The minimum absolute atomic E-state index is 0.111. The van der Waals surface area contributed by atoms with E-state index in [1.54, 1.807) is 17.5 Å². The summed E-state index contributed by atoms with van der Waals surface area (Å²) in [6.07, 6.45) is 0. The Bertz CT molecular complexity index is 1610. The van der Waals surface area contributed by atoms with Crippen LogP contribution in [0.2, 0.25) is 0 Å². The van der Waals surface area contributed by atoms with E-state index in [0.29, 0.717) is 23.0 Å². The number of aliphatic hydroxyl groups is 2. The van der Waals surface area contributed by atoms with Gasteiger partial charge in [-0.05, 0) is 102 Å². The second kappa shape index (κ2) is 18.6. The zero-order valence-corrected chi connectivity index (χ0v) is 28.2. The highest BCUT2D eigenvalue weighted by Crippen LogP contribution is 2.10. The van der Waals surface area contributed by atoms with Gasteiger partial charge < -0.3 is 16.1 Å². The minimum atomic E-state index is -1.67. The number of alkyl halides is 1. The SMILES string of the molecule is CCO.Cc1cc(C)n(N)c(=N)c1.Cc1cc(C)n2nc(CCl)nc2c1.Cc1cc(C)n2nc(CO)nc2c1.O=S(Cl)Cl. The number of fused-ring (bicyclic) bond motifs is 2. The van der Waals surface area contributed by atoms with Crippen molar-refractivity contribution in [2.75, 3.05) is 12.4 Å². The van der Waals surface area contributed by atoms with Crippen LogP contribution in [0.4, 0.5) is 0 Å². The molecule has 0 aliphatic heterocycles. The number of halogens is 3. The summed E-state index contributed by atoms with van der Waals surface area (Å²) < 4.78 is 14.0. The fraction of sp³-hybridized carbons (Fsp3) is 0.370. The Morgan fingerprint density at radius 1 is 0.791 bits per heavy atom. The van der Waals surface area contributed by atoms with E-state index in [9.17, 15) is 0 Å². The van der Waals surface area contributed by atoms with E-state index in [1.165, 1.54) is 10.2 Å². The molecule has 5 aromatic rings. The summed E-state index contributed by atoms with van der Waals surface area (Å²) in [6.45, 7) is 13.7. The normalized spacial score (nSPS) is 10.2. The summed E-state index contributed by atoms with van der Waals surface area (Å²) in [5.41, 5.74) is 8.45. The van der Waals surface area contributed by atoms with Gasteiger partial charge in [-0.2, -0.15) is 0 Å². The van der Waals surface area contributed by atoms with Crippen LogP contribution in [-0.2, 0) is 21.7 Å². The molecule has 0 saturated carbocycles. The number of aromatic nitrogens is 7. The number of nitrogen functional groups attached to an aromatic ring is 1. The van der Waals surface area contributed by atoms with Crippen molar-refractivity contribution >= 4 is 53.5 Å². The smallest absolute Gasteiger partial charge is 0.211 e. The molecule has 5 rings (SSSR count). The predicted octanol–water partition coefficient (Wildman–Crippen LogP) is 4.26. The van der Waals surface area contributed by atoms with Gasteiger partial charge in [-0.1, -0.05) is 0 Å². The Morgan fingerprint density at radius 3 is 1.56 bits per heavy atom. The van der Waals surface area contributed by atoms with Crippen LogP contribution < -0.4 is 11.3 Å². The molecule has 0 spiro atoms. The molecule has 0 fully saturated rings. The first-order chi connectivity index (χ1) is 20.2. The monoisotopic (exact) mass is 673 g/mol. The van der Waals surface area contributed by atoms with Crippen LogP contribution in [0.15, 0.2) is 36.4 Å². The molecule has 0 amide bonds. The van der Waals surface area contributed by atoms with Crippen LogP contribution in [0.25, 0.3) is 11.3 Å². The maximum atomic E-state index is 9.09. The number of hydrogen-bond acceptors (Lipinski definition) is 9. The lowest BCUT2D eigenvalue weighted by molar-refractivity contribution is 0.271. The molecule has 0 unspecified atom stereocenters. The van der Waals surface area contributed by atoms with E-state index in [4.69, 9.17) is 37.3 Å². The van der Waals surface area contributed by atoms with Crippen LogP contribution in [0.1, 0.15) is 52.3 Å². The Morgan fingerprint density at radius 2 is 1.16 bits per heavy atom. The zero-order chi connectivity index (χ0) is 32.9. The van der Waals surface area contributed by atoms with Crippen molar-refractivity contribution in [2.45, 2.75) is 61.0 Å². The molecule has 0 aromatic carbocycles. The number of hydrogen-bond donors (Lipinski definition) is 4. The summed E-state index contributed by atoms with van der Waals surface area (Å²) in [7, 11) is 7.36. The van der Waals surface area contributed by atoms with Crippen molar-refractivity contribution in [2.24, 2.45) is 0 Å². The number of pyridine rings is 3. The molecule has 43 heavy (non-hydrogen) atoms. The van der Waals surface area contributed by atoms with Crippen molar-refractivity contribution in [3.63, 3.8) is 0 Å². The Hall–Kier alpha value is -3.07. The number of aliphatic hydroxyl groups excluding tert-OH is 2. The van der Waals surface area contributed by atoms with E-state index in [-0.39, 0.29) is 13.2 Å². The average Bonchev–Trinajstić information content (AvgIpc) is 3.52. The first-order valence-corrected chi connectivity index (χ1v) is 16.2. The van der Waals surface area contributed by atoms with Crippen LogP contribution in [0, 0.1) is 47.0 Å². The fourth-order valence-corrected chi connectivity index (χ4v) is 3.87. The van der Waals surface area contributed by atoms with E-state index >= 15 is 0 Å². The summed E-state index contributed by atoms with van der Waals surface area (Å²) in [5, 5.41) is 32.1. The maximum absolute atomic E-state index is 9.09. The van der Waals surface area contributed by atoms with E-state index in [1.807, 2.05) is 70.3 Å². The molecular formula is C27H38Cl3N9O3S. The Balaban J connectivity index is 0.000000293. The molecule has 0 aliphatic rings. The number of rotatable bonds is 2. The lowest BCUT2D eigenvalue weighted by Crippen LogP contribution is -2.28. The van der Waals surface area contributed by atoms with Crippen molar-refractivity contribution in [3.8, 4) is 0 Å². The van der Waals surface area contributed by atoms with Gasteiger partial charge in [0.05, 0.1) is 5.88 Å². The molecule has 0 aliphatic carbocycles. The highest BCUT2D eigenvalue weighted by atomic mass is 36.0. The van der Waals surface area contributed by atoms with E-state index in [0.717, 1.165) is 39.5 Å². The van der Waals surface area contributed by atoms with Gasteiger partial charge in [0, 0.05) is 45.1 Å². The van der Waals surface area contributed by atoms with Crippen molar-refractivity contribution in [1.29, 1.82) is 5.41 Å². The molecule has 236 valence electrons. The van der Waals surface area contributed by atoms with Gasteiger partial charge in [0.25, 0.3) is 0 Å². The van der Waals surface area contributed by atoms with Gasteiger partial charge in [-0.3, -0.25) is 5.41 Å². The minimum Gasteiger partial charge on any atom is -0.397 e. The molecule has 5 N–H and O–H groups in total. The van der Waals surface area contributed by atoms with Crippen LogP contribution in [0.3, 0.4) is 0 Å². The second-order valence-electron chi connectivity index (χ2n) is 9.17. The molecule has 16 heteroatoms. The number of nitrogens with two attached hydrogens (primary N) is 1. The summed E-state index contributed by atoms with van der Waals surface area (Å²) >= 11 is 5.65. The number of aryl methyl sites for hydroxylation is 6. The van der Waals surface area contributed by atoms with Crippen LogP contribution >= 0.6 is 33.0 Å². The first kappa shape index (κ1) is 38.0. The highest BCUT2D eigenvalue weighted by Gasteiger charge is 2.05. The first-order valence-electron chi connectivity index (χ1n) is 12.8. The Kier molecular flexibility index (Phi) is 16.4. The van der Waals surface area contributed by atoms with Gasteiger partial charge in [-0.15, -0.1) is 21.8 Å². The second-order valence-corrected chi connectivity index (χ2v) is 12.0. The average molecular weight is 675 g/mol. The van der Waals surface area contributed by atoms with E-state index in [2.05, 4.69) is 47.6 Å². The number of nitrogens with one attached hydrogen (secondary N) is 1. The topological polar surface area (TPSA) is 173 Å². The Labute approximate surface area is 267 Å². The summed E-state index contributed by atoms with van der Waals surface area (Å²) in [5.74, 6) is 6.98. The number of nitrogens with zero attached hydrogens (tertiary/aromatic N) is 7. The largest absolute Gasteiger partial charge is 0.397 e. The summed E-state index contributed by atoms with van der Waals surface area (Å²) in [4.78, 5) is 8.43. The lowest BCUT2D eigenvalue weighted by Gasteiger charge is -2.03. The molecule has 0 radical (unpaired) electrons.